The third kappa shape index (κ3) is 3.23. The second-order valence-corrected chi connectivity index (χ2v) is 7.33. The van der Waals surface area contributed by atoms with Crippen LogP contribution in [0.15, 0.2) is 61.3 Å². The van der Waals surface area contributed by atoms with E-state index in [1.165, 1.54) is 11.8 Å². The lowest BCUT2D eigenvalue weighted by Gasteiger charge is -2.35. The summed E-state index contributed by atoms with van der Waals surface area (Å²) in [5.74, 6) is -0.258. The molecule has 0 amide bonds. The summed E-state index contributed by atoms with van der Waals surface area (Å²) in [7, 11) is 1.87. The van der Waals surface area contributed by atoms with Gasteiger partial charge in [-0.2, -0.15) is 5.10 Å². The molecular weight excluding hydrogens is 367 g/mol. The van der Waals surface area contributed by atoms with Crippen LogP contribution in [0, 0.1) is 5.82 Å². The minimum atomic E-state index is -0.258. The van der Waals surface area contributed by atoms with E-state index in [2.05, 4.69) is 25.0 Å². The monoisotopic (exact) mass is 388 g/mol. The van der Waals surface area contributed by atoms with Gasteiger partial charge in [-0.1, -0.05) is 12.1 Å². The maximum absolute atomic E-state index is 14.5. The van der Waals surface area contributed by atoms with Crippen LogP contribution in [0.3, 0.4) is 0 Å². The molecule has 5 rings (SSSR count). The number of nitrogens with zero attached hydrogens (tertiary/aromatic N) is 5. The van der Waals surface area contributed by atoms with Gasteiger partial charge in [-0.05, 0) is 29.8 Å². The van der Waals surface area contributed by atoms with Crippen LogP contribution >= 0.6 is 0 Å². The summed E-state index contributed by atoms with van der Waals surface area (Å²) in [6, 6.07) is 10.9. The summed E-state index contributed by atoms with van der Waals surface area (Å²) in [5, 5.41) is 4.56. The second-order valence-electron chi connectivity index (χ2n) is 7.33. The standard InChI is InChI=1S/C22H21FN6/c1-28-12-16(20(27-28)17-4-2-3-5-18(17)23)13-29-11-8-19-21(26-14-25-19)22(29)15-6-9-24-10-7-15/h2-7,9-10,12,14,22H,8,11,13H2,1H3,(H,25,26). The number of fused-ring (bicyclic) bond motifs is 1. The van der Waals surface area contributed by atoms with E-state index >= 15 is 0 Å². The molecule has 1 aliphatic rings. The quantitative estimate of drug-likeness (QED) is 0.581. The van der Waals surface area contributed by atoms with E-state index in [-0.39, 0.29) is 11.9 Å². The van der Waals surface area contributed by atoms with Crippen molar-refractivity contribution in [1.29, 1.82) is 0 Å². The molecule has 3 aromatic heterocycles. The van der Waals surface area contributed by atoms with Crippen molar-refractivity contribution in [1.82, 2.24) is 29.6 Å². The Balaban J connectivity index is 1.55. The average Bonchev–Trinajstić information content (AvgIpc) is 3.35. The van der Waals surface area contributed by atoms with Gasteiger partial charge in [-0.3, -0.25) is 14.6 Å². The maximum Gasteiger partial charge on any atom is 0.132 e. The fourth-order valence-corrected chi connectivity index (χ4v) is 4.16. The van der Waals surface area contributed by atoms with E-state index in [4.69, 9.17) is 0 Å². The van der Waals surface area contributed by atoms with Gasteiger partial charge in [0.1, 0.15) is 5.82 Å². The fraction of sp³-hybridized carbons (Fsp3) is 0.227. The van der Waals surface area contributed by atoms with Gasteiger partial charge in [0.15, 0.2) is 0 Å². The molecule has 146 valence electrons. The van der Waals surface area contributed by atoms with Crippen molar-refractivity contribution in [2.24, 2.45) is 7.05 Å². The molecule has 1 atom stereocenters. The highest BCUT2D eigenvalue weighted by atomic mass is 19.1. The molecule has 1 N–H and O–H groups in total. The zero-order valence-corrected chi connectivity index (χ0v) is 16.1. The number of H-pyrrole nitrogens is 1. The normalized spacial score (nSPS) is 16.7. The number of aromatic nitrogens is 5. The number of pyridine rings is 1. The maximum atomic E-state index is 14.5. The summed E-state index contributed by atoms with van der Waals surface area (Å²) < 4.78 is 16.2. The number of aryl methyl sites for hydroxylation is 1. The van der Waals surface area contributed by atoms with Gasteiger partial charge in [-0.15, -0.1) is 0 Å². The molecule has 0 aliphatic carbocycles. The third-order valence-electron chi connectivity index (χ3n) is 5.45. The molecule has 0 saturated heterocycles. The van der Waals surface area contributed by atoms with Crippen LogP contribution in [0.1, 0.15) is 28.6 Å². The van der Waals surface area contributed by atoms with Crippen LogP contribution in [0.2, 0.25) is 0 Å². The van der Waals surface area contributed by atoms with Gasteiger partial charge < -0.3 is 4.98 Å². The van der Waals surface area contributed by atoms with Crippen LogP contribution < -0.4 is 0 Å². The summed E-state index contributed by atoms with van der Waals surface area (Å²) in [6.07, 6.45) is 8.25. The Morgan fingerprint density at radius 3 is 2.83 bits per heavy atom. The van der Waals surface area contributed by atoms with E-state index in [9.17, 15) is 4.39 Å². The Labute approximate surface area is 168 Å². The number of nitrogens with one attached hydrogen (secondary N) is 1. The van der Waals surface area contributed by atoms with Crippen LogP contribution in [-0.2, 0) is 20.0 Å². The van der Waals surface area contributed by atoms with Crippen molar-refractivity contribution in [3.8, 4) is 11.3 Å². The second kappa shape index (κ2) is 7.25. The summed E-state index contributed by atoms with van der Waals surface area (Å²) in [6.45, 7) is 1.52. The predicted molar refractivity (Wildman–Crippen MR) is 107 cm³/mol. The number of halogens is 1. The van der Waals surface area contributed by atoms with Crippen molar-refractivity contribution in [3.63, 3.8) is 0 Å². The Hall–Kier alpha value is -3.32. The van der Waals surface area contributed by atoms with E-state index in [1.807, 2.05) is 43.8 Å². The molecule has 1 aliphatic heterocycles. The zero-order chi connectivity index (χ0) is 19.8. The van der Waals surface area contributed by atoms with Gasteiger partial charge in [0.25, 0.3) is 0 Å². The number of hydrogen-bond acceptors (Lipinski definition) is 4. The van der Waals surface area contributed by atoms with E-state index in [0.29, 0.717) is 17.8 Å². The molecule has 29 heavy (non-hydrogen) atoms. The van der Waals surface area contributed by atoms with E-state index < -0.39 is 0 Å². The predicted octanol–water partition coefficient (Wildman–Crippen LogP) is 3.49. The topological polar surface area (TPSA) is 62.6 Å². The van der Waals surface area contributed by atoms with Crippen molar-refractivity contribution in [2.45, 2.75) is 19.0 Å². The lowest BCUT2D eigenvalue weighted by molar-refractivity contribution is 0.200. The van der Waals surface area contributed by atoms with Crippen molar-refractivity contribution < 1.29 is 4.39 Å². The van der Waals surface area contributed by atoms with Gasteiger partial charge in [-0.25, -0.2) is 9.37 Å². The molecule has 0 bridgehead atoms. The molecule has 0 fully saturated rings. The fourth-order valence-electron chi connectivity index (χ4n) is 4.16. The number of rotatable bonds is 4. The van der Waals surface area contributed by atoms with Gasteiger partial charge in [0.05, 0.1) is 23.8 Å². The molecule has 0 saturated carbocycles. The summed E-state index contributed by atoms with van der Waals surface area (Å²) in [4.78, 5) is 14.4. The highest BCUT2D eigenvalue weighted by Crippen LogP contribution is 2.35. The molecule has 1 unspecified atom stereocenters. The molecule has 4 heterocycles. The molecule has 0 radical (unpaired) electrons. The van der Waals surface area contributed by atoms with Crippen molar-refractivity contribution in [3.05, 3.63) is 89.6 Å². The number of hydrogen-bond donors (Lipinski definition) is 1. The first-order valence-corrected chi connectivity index (χ1v) is 9.64. The Kier molecular flexibility index (Phi) is 4.44. The smallest absolute Gasteiger partial charge is 0.132 e. The molecular formula is C22H21FN6. The first kappa shape index (κ1) is 17.8. The summed E-state index contributed by atoms with van der Waals surface area (Å²) in [5.41, 5.74) is 5.57. The Morgan fingerprint density at radius 2 is 2.00 bits per heavy atom. The Morgan fingerprint density at radius 1 is 1.17 bits per heavy atom. The Bertz CT molecular complexity index is 1130. The van der Waals surface area contributed by atoms with Gasteiger partial charge in [0, 0.05) is 62.0 Å². The van der Waals surface area contributed by atoms with Crippen LogP contribution in [0.5, 0.6) is 0 Å². The first-order chi connectivity index (χ1) is 14.2. The van der Waals surface area contributed by atoms with Gasteiger partial charge in [0.2, 0.25) is 0 Å². The number of benzene rings is 1. The zero-order valence-electron chi connectivity index (χ0n) is 16.1. The van der Waals surface area contributed by atoms with E-state index in [0.717, 1.165) is 29.8 Å². The molecule has 7 heteroatoms. The van der Waals surface area contributed by atoms with Crippen molar-refractivity contribution in [2.75, 3.05) is 6.54 Å². The van der Waals surface area contributed by atoms with Crippen LogP contribution in [0.4, 0.5) is 4.39 Å². The SMILES string of the molecule is Cn1cc(CN2CCc3[nH]cnc3C2c2ccncc2)c(-c2ccccc2F)n1. The number of imidazole rings is 1. The van der Waals surface area contributed by atoms with Gasteiger partial charge >= 0.3 is 0 Å². The third-order valence-corrected chi connectivity index (χ3v) is 5.45. The molecule has 4 aromatic rings. The highest BCUT2D eigenvalue weighted by Gasteiger charge is 2.32. The molecule has 1 aromatic carbocycles. The first-order valence-electron chi connectivity index (χ1n) is 9.64. The van der Waals surface area contributed by atoms with Crippen LogP contribution in [-0.4, -0.2) is 36.2 Å². The summed E-state index contributed by atoms with van der Waals surface area (Å²) >= 11 is 0. The molecule has 0 spiro atoms. The highest BCUT2D eigenvalue weighted by molar-refractivity contribution is 5.63. The largest absolute Gasteiger partial charge is 0.348 e. The average molecular weight is 388 g/mol. The minimum Gasteiger partial charge on any atom is -0.348 e. The van der Waals surface area contributed by atoms with Crippen LogP contribution in [0.25, 0.3) is 11.3 Å². The lowest BCUT2D eigenvalue weighted by atomic mass is 9.95. The van der Waals surface area contributed by atoms with Crippen molar-refractivity contribution >= 4 is 0 Å². The lowest BCUT2D eigenvalue weighted by Crippen LogP contribution is -2.35. The number of aromatic amines is 1. The van der Waals surface area contributed by atoms with E-state index in [1.54, 1.807) is 23.1 Å². The minimum absolute atomic E-state index is 0.0154. The molecule has 6 nitrogen and oxygen atoms in total.